The van der Waals surface area contributed by atoms with Crippen molar-refractivity contribution in [3.8, 4) is 0 Å². The fraction of sp³-hybridized carbons (Fsp3) is 0.692. The number of allylic oxidation sites excluding steroid dienone is 2. The van der Waals surface area contributed by atoms with Gasteiger partial charge in [0.15, 0.2) is 0 Å². The van der Waals surface area contributed by atoms with Crippen LogP contribution in [0.2, 0.25) is 0 Å². The maximum Gasteiger partial charge on any atom is -0.00142 e. The summed E-state index contributed by atoms with van der Waals surface area (Å²) in [6.07, 6.45) is 10.3. The molecule has 0 bridgehead atoms. The zero-order valence-corrected chi connectivity index (χ0v) is 9.81. The minimum Gasteiger partial charge on any atom is -0.316 e. The molecule has 0 saturated heterocycles. The molecule has 0 aromatic heterocycles. The molecule has 0 aromatic carbocycles. The molecule has 1 N–H and O–H groups in total. The molecule has 0 amide bonds. The van der Waals surface area contributed by atoms with Crippen molar-refractivity contribution in [1.29, 1.82) is 0 Å². The van der Waals surface area contributed by atoms with Gasteiger partial charge in [-0.25, -0.2) is 0 Å². The van der Waals surface area contributed by atoms with Crippen molar-refractivity contribution in [3.05, 3.63) is 24.3 Å². The molecule has 1 nitrogen and oxygen atoms in total. The largest absolute Gasteiger partial charge is 0.316 e. The number of unbranched alkanes of at least 4 members (excludes halogenated alkanes) is 1. The topological polar surface area (TPSA) is 12.0 Å². The Hall–Kier alpha value is -0.560. The normalized spacial score (nSPS) is 11.7. The van der Waals surface area contributed by atoms with E-state index in [0.29, 0.717) is 0 Å². The molecule has 0 radical (unpaired) electrons. The number of hydrogen-bond acceptors (Lipinski definition) is 1. The van der Waals surface area contributed by atoms with E-state index in [0.717, 1.165) is 19.5 Å². The monoisotopic (exact) mass is 195 g/mol. The first-order chi connectivity index (χ1) is 6.81. The fourth-order valence-electron chi connectivity index (χ4n) is 1.35. The highest BCUT2D eigenvalue weighted by Gasteiger charge is 1.89. The molecule has 0 aromatic rings. The lowest BCUT2D eigenvalue weighted by molar-refractivity contribution is 0.675. The van der Waals surface area contributed by atoms with Crippen LogP contribution in [-0.2, 0) is 0 Å². The molecule has 0 spiro atoms. The second kappa shape index (κ2) is 10.5. The minimum absolute atomic E-state index is 1.12. The van der Waals surface area contributed by atoms with Crippen molar-refractivity contribution < 1.29 is 0 Å². The van der Waals surface area contributed by atoms with Crippen molar-refractivity contribution in [3.63, 3.8) is 0 Å². The highest BCUT2D eigenvalue weighted by molar-refractivity contribution is 4.98. The summed E-state index contributed by atoms with van der Waals surface area (Å²) < 4.78 is 0. The van der Waals surface area contributed by atoms with Gasteiger partial charge in [-0.1, -0.05) is 24.6 Å². The van der Waals surface area contributed by atoms with Gasteiger partial charge in [0.25, 0.3) is 0 Å². The number of nitrogens with one attached hydrogen (secondary N) is 1. The Morgan fingerprint density at radius 3 is 2.71 bits per heavy atom. The summed E-state index contributed by atoms with van der Waals surface area (Å²) in [5.41, 5.74) is 1.52. The smallest absolute Gasteiger partial charge is 0.00142 e. The fourth-order valence-corrected chi connectivity index (χ4v) is 1.35. The zero-order chi connectivity index (χ0) is 10.6. The predicted octanol–water partition coefficient (Wildman–Crippen LogP) is 3.68. The molecule has 0 aliphatic heterocycles. The first-order valence-corrected chi connectivity index (χ1v) is 5.78. The SMILES string of the molecule is C=CCCCC(C)=CCCNCCC. The first kappa shape index (κ1) is 13.4. The number of rotatable bonds is 9. The Kier molecular flexibility index (Phi) is 10.1. The van der Waals surface area contributed by atoms with Crippen LogP contribution in [0, 0.1) is 0 Å². The molecule has 0 heterocycles. The van der Waals surface area contributed by atoms with Crippen molar-refractivity contribution >= 4 is 0 Å². The molecule has 82 valence electrons. The molecule has 0 rings (SSSR count). The Morgan fingerprint density at radius 1 is 1.29 bits per heavy atom. The minimum atomic E-state index is 1.12. The quantitative estimate of drug-likeness (QED) is 0.437. The van der Waals surface area contributed by atoms with Crippen molar-refractivity contribution in [2.45, 2.75) is 46.0 Å². The second-order valence-corrected chi connectivity index (χ2v) is 3.77. The van der Waals surface area contributed by atoms with Gasteiger partial charge in [-0.15, -0.1) is 6.58 Å². The van der Waals surface area contributed by atoms with Gasteiger partial charge < -0.3 is 5.32 Å². The first-order valence-electron chi connectivity index (χ1n) is 5.78. The van der Waals surface area contributed by atoms with Crippen molar-refractivity contribution in [1.82, 2.24) is 5.32 Å². The van der Waals surface area contributed by atoms with Gasteiger partial charge in [0.1, 0.15) is 0 Å². The Morgan fingerprint density at radius 2 is 2.07 bits per heavy atom. The number of hydrogen-bond donors (Lipinski definition) is 1. The van der Waals surface area contributed by atoms with Crippen LogP contribution < -0.4 is 5.32 Å². The lowest BCUT2D eigenvalue weighted by Crippen LogP contribution is -2.15. The van der Waals surface area contributed by atoms with Gasteiger partial charge >= 0.3 is 0 Å². The van der Waals surface area contributed by atoms with Gasteiger partial charge in [-0.2, -0.15) is 0 Å². The van der Waals surface area contributed by atoms with Crippen molar-refractivity contribution in [2.75, 3.05) is 13.1 Å². The van der Waals surface area contributed by atoms with Gasteiger partial charge in [0, 0.05) is 0 Å². The summed E-state index contributed by atoms with van der Waals surface area (Å²) in [6, 6.07) is 0. The highest BCUT2D eigenvalue weighted by atomic mass is 14.8. The average molecular weight is 195 g/mol. The van der Waals surface area contributed by atoms with Crippen LogP contribution in [-0.4, -0.2) is 13.1 Å². The predicted molar refractivity (Wildman–Crippen MR) is 65.6 cm³/mol. The van der Waals surface area contributed by atoms with Crippen LogP contribution in [0.4, 0.5) is 0 Å². The molecule has 14 heavy (non-hydrogen) atoms. The third kappa shape index (κ3) is 9.53. The summed E-state index contributed by atoms with van der Waals surface area (Å²) >= 11 is 0. The molecule has 0 saturated carbocycles. The van der Waals surface area contributed by atoms with Crippen LogP contribution in [0.15, 0.2) is 24.3 Å². The van der Waals surface area contributed by atoms with E-state index in [1.165, 1.54) is 31.3 Å². The van der Waals surface area contributed by atoms with E-state index in [1.54, 1.807) is 0 Å². The standard InChI is InChI=1S/C13H25N/c1-4-6-7-9-13(3)10-8-12-14-11-5-2/h4,10,14H,1,5-9,11-12H2,2-3H3. The second-order valence-electron chi connectivity index (χ2n) is 3.77. The van der Waals surface area contributed by atoms with Gasteiger partial charge in [-0.3, -0.25) is 0 Å². The summed E-state index contributed by atoms with van der Waals surface area (Å²) in [7, 11) is 0. The zero-order valence-electron chi connectivity index (χ0n) is 9.81. The average Bonchev–Trinajstić information content (AvgIpc) is 2.18. The molecule has 0 aliphatic rings. The van der Waals surface area contributed by atoms with E-state index in [2.05, 4.69) is 31.8 Å². The summed E-state index contributed by atoms with van der Waals surface area (Å²) in [6.45, 7) is 10.4. The Labute approximate surface area is 89.3 Å². The van der Waals surface area contributed by atoms with Gasteiger partial charge in [-0.05, 0) is 52.1 Å². The lowest BCUT2D eigenvalue weighted by atomic mass is 10.1. The van der Waals surface area contributed by atoms with E-state index >= 15 is 0 Å². The van der Waals surface area contributed by atoms with Crippen LogP contribution >= 0.6 is 0 Å². The van der Waals surface area contributed by atoms with Gasteiger partial charge in [0.05, 0.1) is 0 Å². The highest BCUT2D eigenvalue weighted by Crippen LogP contribution is 2.07. The molecule has 0 unspecified atom stereocenters. The summed E-state index contributed by atoms with van der Waals surface area (Å²) in [5.74, 6) is 0. The van der Waals surface area contributed by atoms with E-state index in [4.69, 9.17) is 0 Å². The van der Waals surface area contributed by atoms with Crippen LogP contribution in [0.5, 0.6) is 0 Å². The van der Waals surface area contributed by atoms with E-state index in [-0.39, 0.29) is 0 Å². The molecule has 0 aliphatic carbocycles. The third-order valence-corrected chi connectivity index (χ3v) is 2.22. The molecular weight excluding hydrogens is 170 g/mol. The third-order valence-electron chi connectivity index (χ3n) is 2.22. The maximum atomic E-state index is 3.72. The van der Waals surface area contributed by atoms with Gasteiger partial charge in [0.2, 0.25) is 0 Å². The Bertz CT molecular complexity index is 159. The maximum absolute atomic E-state index is 3.72. The Balaban J connectivity index is 3.31. The van der Waals surface area contributed by atoms with E-state index in [9.17, 15) is 0 Å². The summed E-state index contributed by atoms with van der Waals surface area (Å²) in [4.78, 5) is 0. The summed E-state index contributed by atoms with van der Waals surface area (Å²) in [5, 5.41) is 3.40. The van der Waals surface area contributed by atoms with E-state index in [1.807, 2.05) is 6.08 Å². The van der Waals surface area contributed by atoms with E-state index < -0.39 is 0 Å². The molecule has 0 atom stereocenters. The van der Waals surface area contributed by atoms with Crippen molar-refractivity contribution in [2.24, 2.45) is 0 Å². The van der Waals surface area contributed by atoms with Crippen LogP contribution in [0.3, 0.4) is 0 Å². The lowest BCUT2D eigenvalue weighted by Gasteiger charge is -2.01. The van der Waals surface area contributed by atoms with Crippen LogP contribution in [0.25, 0.3) is 0 Å². The molecular formula is C13H25N. The molecule has 1 heteroatoms. The molecule has 0 fully saturated rings. The van der Waals surface area contributed by atoms with Crippen LogP contribution in [0.1, 0.15) is 46.0 Å².